The first-order valence-corrected chi connectivity index (χ1v) is 8.24. The molecule has 27 heavy (non-hydrogen) atoms. The molecule has 138 valence electrons. The number of allylic oxidation sites excluding steroid dienone is 1. The van der Waals surface area contributed by atoms with Crippen molar-refractivity contribution in [1.82, 2.24) is 20.5 Å². The highest BCUT2D eigenvalue weighted by molar-refractivity contribution is 6.29. The first-order valence-electron chi connectivity index (χ1n) is 7.86. The maximum Gasteiger partial charge on any atom is 0.334 e. The zero-order valence-corrected chi connectivity index (χ0v) is 15.1. The van der Waals surface area contributed by atoms with Crippen LogP contribution in [-0.2, 0) is 9.53 Å². The highest BCUT2D eigenvalue weighted by Crippen LogP contribution is 2.09. The van der Waals surface area contributed by atoms with Crippen LogP contribution >= 0.6 is 11.6 Å². The molecule has 2 rings (SSSR count). The van der Waals surface area contributed by atoms with Gasteiger partial charge in [-0.15, -0.1) is 10.2 Å². The fraction of sp³-hybridized carbons (Fsp3) is 0.176. The van der Waals surface area contributed by atoms with E-state index in [0.717, 1.165) is 0 Å². The van der Waals surface area contributed by atoms with E-state index < -0.39 is 12.0 Å². The van der Waals surface area contributed by atoms with Crippen molar-refractivity contribution in [3.63, 3.8) is 0 Å². The van der Waals surface area contributed by atoms with Gasteiger partial charge in [-0.3, -0.25) is 10.4 Å². The number of aromatic nitrogens is 3. The van der Waals surface area contributed by atoms with E-state index in [1.165, 1.54) is 12.4 Å². The van der Waals surface area contributed by atoms with Crippen molar-refractivity contribution < 1.29 is 9.53 Å². The Morgan fingerprint density at radius 2 is 2.26 bits per heavy atom. The molecule has 10 heteroatoms. The Morgan fingerprint density at radius 3 is 2.89 bits per heavy atom. The van der Waals surface area contributed by atoms with Gasteiger partial charge in [-0.1, -0.05) is 17.7 Å². The van der Waals surface area contributed by atoms with Gasteiger partial charge in [0.15, 0.2) is 17.0 Å². The second kappa shape index (κ2) is 10.5. The first-order chi connectivity index (χ1) is 13.1. The van der Waals surface area contributed by atoms with Crippen LogP contribution in [0.1, 0.15) is 12.6 Å². The molecule has 2 N–H and O–H groups in total. The van der Waals surface area contributed by atoms with E-state index in [1.807, 2.05) is 6.07 Å². The molecule has 1 unspecified atom stereocenters. The summed E-state index contributed by atoms with van der Waals surface area (Å²) in [5.41, 5.74) is 3.36. The third-order valence-electron chi connectivity index (χ3n) is 3.04. The molecular formula is C17H16ClN7O2. The van der Waals surface area contributed by atoms with Crippen molar-refractivity contribution in [2.75, 3.05) is 12.0 Å². The van der Waals surface area contributed by atoms with Gasteiger partial charge in [0, 0.05) is 12.4 Å². The number of anilines is 1. The Morgan fingerprint density at radius 1 is 1.41 bits per heavy atom. The molecule has 0 aliphatic rings. The normalized spacial score (nSPS) is 12.3. The van der Waals surface area contributed by atoms with E-state index in [2.05, 4.69) is 31.0 Å². The SMILES string of the molecule is CCOC(=O)C(/C=N/Nc1ccc(Cl)nn1)N/C=C(\C#N)c1ccccn1. The molecule has 0 saturated carbocycles. The van der Waals surface area contributed by atoms with E-state index in [-0.39, 0.29) is 17.3 Å². The largest absolute Gasteiger partial charge is 0.464 e. The Labute approximate surface area is 160 Å². The van der Waals surface area contributed by atoms with Crippen LogP contribution < -0.4 is 10.7 Å². The standard InChI is InChI=1S/C17H16ClN7O2/c1-2-27-17(26)14(11-22-24-16-7-6-15(18)23-25-16)21-10-12(9-19)13-5-3-4-8-20-13/h3-8,10-11,14,21H,2H2,1H3,(H,24,25)/b12-10+,22-11+. The quantitative estimate of drug-likeness (QED) is 0.306. The van der Waals surface area contributed by atoms with Gasteiger partial charge in [-0.2, -0.15) is 10.4 Å². The van der Waals surface area contributed by atoms with Crippen LogP contribution in [0.2, 0.25) is 5.15 Å². The van der Waals surface area contributed by atoms with Gasteiger partial charge in [0.1, 0.15) is 6.07 Å². The molecule has 2 heterocycles. The molecule has 0 spiro atoms. The molecule has 0 radical (unpaired) electrons. The monoisotopic (exact) mass is 385 g/mol. The average Bonchev–Trinajstić information content (AvgIpc) is 2.69. The fourth-order valence-electron chi connectivity index (χ4n) is 1.82. The summed E-state index contributed by atoms with van der Waals surface area (Å²) in [5.74, 6) is -0.209. The highest BCUT2D eigenvalue weighted by atomic mass is 35.5. The van der Waals surface area contributed by atoms with E-state index >= 15 is 0 Å². The topological polar surface area (TPSA) is 125 Å². The second-order valence-electron chi connectivity index (χ2n) is 4.91. The molecule has 0 amide bonds. The van der Waals surface area contributed by atoms with Crippen molar-refractivity contribution in [3.05, 3.63) is 53.6 Å². The van der Waals surface area contributed by atoms with Crippen LogP contribution in [0.5, 0.6) is 0 Å². The third-order valence-corrected chi connectivity index (χ3v) is 3.25. The number of ether oxygens (including phenoxy) is 1. The Hall–Kier alpha value is -3.51. The maximum absolute atomic E-state index is 12.1. The molecule has 9 nitrogen and oxygen atoms in total. The Kier molecular flexibility index (Phi) is 7.68. The highest BCUT2D eigenvalue weighted by Gasteiger charge is 2.16. The number of carbonyl (C=O) groups excluding carboxylic acids is 1. The lowest BCUT2D eigenvalue weighted by atomic mass is 10.2. The van der Waals surface area contributed by atoms with Crippen molar-refractivity contribution in [1.29, 1.82) is 5.26 Å². The Balaban J connectivity index is 2.10. The smallest absolute Gasteiger partial charge is 0.334 e. The molecule has 0 aliphatic heterocycles. The summed E-state index contributed by atoms with van der Waals surface area (Å²) in [4.78, 5) is 16.2. The van der Waals surface area contributed by atoms with Gasteiger partial charge < -0.3 is 10.1 Å². The minimum absolute atomic E-state index is 0.204. The summed E-state index contributed by atoms with van der Waals surface area (Å²) in [7, 11) is 0. The number of carbonyl (C=O) groups is 1. The van der Waals surface area contributed by atoms with E-state index in [0.29, 0.717) is 11.5 Å². The number of nitrogens with one attached hydrogen (secondary N) is 2. The summed E-state index contributed by atoms with van der Waals surface area (Å²) in [6.45, 7) is 1.90. The lowest BCUT2D eigenvalue weighted by Crippen LogP contribution is -2.36. The summed E-state index contributed by atoms with van der Waals surface area (Å²) < 4.78 is 5.00. The fourth-order valence-corrected chi connectivity index (χ4v) is 1.92. The van der Waals surface area contributed by atoms with Crippen LogP contribution in [0.15, 0.2) is 47.8 Å². The zero-order valence-electron chi connectivity index (χ0n) is 14.3. The van der Waals surface area contributed by atoms with Crippen molar-refractivity contribution in [2.45, 2.75) is 13.0 Å². The number of nitrogens with zero attached hydrogens (tertiary/aromatic N) is 5. The van der Waals surface area contributed by atoms with Crippen molar-refractivity contribution in [2.24, 2.45) is 5.10 Å². The molecule has 1 atom stereocenters. The van der Waals surface area contributed by atoms with E-state index in [9.17, 15) is 10.1 Å². The molecule has 0 aliphatic carbocycles. The number of rotatable bonds is 8. The summed E-state index contributed by atoms with van der Waals surface area (Å²) in [5, 5.41) is 23.7. The predicted molar refractivity (Wildman–Crippen MR) is 101 cm³/mol. The van der Waals surface area contributed by atoms with Crippen LogP contribution in [0, 0.1) is 11.3 Å². The number of halogens is 1. The van der Waals surface area contributed by atoms with Gasteiger partial charge >= 0.3 is 5.97 Å². The molecule has 2 aromatic rings. The molecule has 0 aromatic carbocycles. The number of pyridine rings is 1. The van der Waals surface area contributed by atoms with Crippen LogP contribution in [0.4, 0.5) is 5.82 Å². The van der Waals surface area contributed by atoms with Crippen LogP contribution in [0.25, 0.3) is 5.57 Å². The number of nitriles is 1. The third kappa shape index (κ3) is 6.37. The summed E-state index contributed by atoms with van der Waals surface area (Å²) in [6, 6.07) is 9.41. The van der Waals surface area contributed by atoms with Gasteiger partial charge in [0.25, 0.3) is 0 Å². The molecular weight excluding hydrogens is 370 g/mol. The van der Waals surface area contributed by atoms with Gasteiger partial charge in [0.05, 0.1) is 24.1 Å². The summed E-state index contributed by atoms with van der Waals surface area (Å²) in [6.07, 6.45) is 4.25. The molecule has 2 aromatic heterocycles. The molecule has 0 saturated heterocycles. The van der Waals surface area contributed by atoms with Crippen LogP contribution in [0.3, 0.4) is 0 Å². The van der Waals surface area contributed by atoms with Gasteiger partial charge in [-0.05, 0) is 31.2 Å². The predicted octanol–water partition coefficient (Wildman–Crippen LogP) is 2.01. The number of hydrazone groups is 1. The van der Waals surface area contributed by atoms with Crippen molar-refractivity contribution >= 4 is 35.2 Å². The zero-order chi connectivity index (χ0) is 19.5. The maximum atomic E-state index is 12.1. The van der Waals surface area contributed by atoms with Gasteiger partial charge in [-0.25, -0.2) is 4.79 Å². The minimum Gasteiger partial charge on any atom is -0.464 e. The summed E-state index contributed by atoms with van der Waals surface area (Å²) >= 11 is 5.66. The van der Waals surface area contributed by atoms with Crippen LogP contribution in [-0.4, -0.2) is 40.0 Å². The number of esters is 1. The van der Waals surface area contributed by atoms with Crippen molar-refractivity contribution in [3.8, 4) is 6.07 Å². The lowest BCUT2D eigenvalue weighted by molar-refractivity contribution is -0.143. The van der Waals surface area contributed by atoms with E-state index in [4.69, 9.17) is 16.3 Å². The second-order valence-corrected chi connectivity index (χ2v) is 5.30. The molecule has 0 fully saturated rings. The minimum atomic E-state index is -0.926. The molecule has 0 bridgehead atoms. The number of hydrogen-bond acceptors (Lipinski definition) is 9. The Bertz CT molecular complexity index is 848. The lowest BCUT2D eigenvalue weighted by Gasteiger charge is -2.11. The number of hydrogen-bond donors (Lipinski definition) is 2. The van der Waals surface area contributed by atoms with E-state index in [1.54, 1.807) is 43.5 Å². The van der Waals surface area contributed by atoms with Gasteiger partial charge in [0.2, 0.25) is 0 Å². The average molecular weight is 386 g/mol. The first kappa shape index (κ1) is 19.8.